The van der Waals surface area contributed by atoms with Crippen LogP contribution in [-0.2, 0) is 9.84 Å². The average Bonchev–Trinajstić information content (AvgIpc) is 3.16. The highest BCUT2D eigenvalue weighted by Gasteiger charge is 2.32. The molecule has 1 amide bonds. The van der Waals surface area contributed by atoms with Crippen molar-refractivity contribution in [3.05, 3.63) is 29.8 Å². The van der Waals surface area contributed by atoms with Crippen LogP contribution >= 0.6 is 0 Å². The van der Waals surface area contributed by atoms with Gasteiger partial charge in [0.25, 0.3) is 5.91 Å². The lowest BCUT2D eigenvalue weighted by Gasteiger charge is -2.38. The fraction of sp³-hybridized carbons (Fsp3) is 0.632. The number of carbonyl (C=O) groups is 1. The summed E-state index contributed by atoms with van der Waals surface area (Å²) in [5.74, 6) is -0.0492. The number of benzene rings is 1. The molecule has 0 spiro atoms. The first-order chi connectivity index (χ1) is 11.9. The van der Waals surface area contributed by atoms with Gasteiger partial charge in [0.15, 0.2) is 9.84 Å². The molecule has 1 heterocycles. The molecule has 5 nitrogen and oxygen atoms in total. The van der Waals surface area contributed by atoms with E-state index < -0.39 is 9.84 Å². The summed E-state index contributed by atoms with van der Waals surface area (Å²) >= 11 is 0. The second-order valence-electron chi connectivity index (χ2n) is 7.40. The molecule has 2 N–H and O–H groups in total. The number of rotatable bonds is 4. The molecule has 1 aromatic rings. The van der Waals surface area contributed by atoms with Crippen molar-refractivity contribution in [1.29, 1.82) is 0 Å². The second kappa shape index (κ2) is 7.46. The summed E-state index contributed by atoms with van der Waals surface area (Å²) in [6.45, 7) is 2.65. The molecule has 0 radical (unpaired) electrons. The molecule has 6 heteroatoms. The molecule has 3 rings (SSSR count). The van der Waals surface area contributed by atoms with E-state index in [2.05, 4.69) is 0 Å². The van der Waals surface area contributed by atoms with E-state index in [0.717, 1.165) is 44.9 Å². The molecule has 2 aliphatic rings. The van der Waals surface area contributed by atoms with Crippen molar-refractivity contribution in [3.63, 3.8) is 0 Å². The Bertz CT molecular complexity index is 707. The van der Waals surface area contributed by atoms with E-state index >= 15 is 0 Å². The Labute approximate surface area is 150 Å². The van der Waals surface area contributed by atoms with Crippen LogP contribution in [0.2, 0.25) is 0 Å². The lowest BCUT2D eigenvalue weighted by atomic mass is 9.96. The van der Waals surface area contributed by atoms with Crippen LogP contribution in [0.5, 0.6) is 0 Å². The Morgan fingerprint density at radius 2 is 1.68 bits per heavy atom. The summed E-state index contributed by atoms with van der Waals surface area (Å²) in [6, 6.07) is 6.47. The van der Waals surface area contributed by atoms with Crippen molar-refractivity contribution in [3.8, 4) is 0 Å². The number of carbonyl (C=O) groups excluding carboxylic acids is 1. The normalized spacial score (nSPS) is 23.6. The number of amides is 1. The van der Waals surface area contributed by atoms with E-state index in [4.69, 9.17) is 5.73 Å². The zero-order chi connectivity index (χ0) is 18.0. The molecule has 1 aliphatic carbocycles. The van der Waals surface area contributed by atoms with Crippen molar-refractivity contribution in [2.75, 3.05) is 6.54 Å². The third-order valence-electron chi connectivity index (χ3n) is 5.59. The lowest BCUT2D eigenvalue weighted by Crippen LogP contribution is -2.51. The maximum atomic E-state index is 12.9. The molecule has 25 heavy (non-hydrogen) atoms. The van der Waals surface area contributed by atoms with Crippen molar-refractivity contribution in [1.82, 2.24) is 4.90 Å². The Balaban J connectivity index is 1.78. The first kappa shape index (κ1) is 18.4. The van der Waals surface area contributed by atoms with E-state index in [9.17, 15) is 13.2 Å². The van der Waals surface area contributed by atoms with Gasteiger partial charge >= 0.3 is 0 Å². The summed E-state index contributed by atoms with van der Waals surface area (Å²) in [5, 5.41) is -0.265. The lowest BCUT2D eigenvalue weighted by molar-refractivity contribution is 0.0583. The van der Waals surface area contributed by atoms with E-state index in [1.54, 1.807) is 24.3 Å². The highest BCUT2D eigenvalue weighted by Crippen LogP contribution is 2.30. The summed E-state index contributed by atoms with van der Waals surface area (Å²) in [7, 11) is -3.28. The Kier molecular flexibility index (Phi) is 5.49. The molecule has 1 saturated heterocycles. The Hall–Kier alpha value is -1.40. The predicted octanol–water partition coefficient (Wildman–Crippen LogP) is 2.74. The van der Waals surface area contributed by atoms with Gasteiger partial charge in [0.1, 0.15) is 0 Å². The van der Waals surface area contributed by atoms with E-state index in [1.165, 1.54) is 0 Å². The Morgan fingerprint density at radius 1 is 1.08 bits per heavy atom. The molecule has 1 saturated carbocycles. The van der Waals surface area contributed by atoms with Crippen LogP contribution in [0.3, 0.4) is 0 Å². The van der Waals surface area contributed by atoms with E-state index in [1.807, 2.05) is 11.8 Å². The molecule has 2 atom stereocenters. The smallest absolute Gasteiger partial charge is 0.254 e. The molecular weight excluding hydrogens is 336 g/mol. The third kappa shape index (κ3) is 3.75. The van der Waals surface area contributed by atoms with Crippen LogP contribution in [-0.4, -0.2) is 43.1 Å². The summed E-state index contributed by atoms with van der Waals surface area (Å²) in [6.07, 6.45) is 6.46. The minimum absolute atomic E-state index is 0.0492. The van der Waals surface area contributed by atoms with Gasteiger partial charge in [-0.05, 0) is 63.3 Å². The average molecular weight is 365 g/mol. The van der Waals surface area contributed by atoms with Crippen molar-refractivity contribution >= 4 is 15.7 Å². The van der Waals surface area contributed by atoms with Crippen molar-refractivity contribution < 1.29 is 13.2 Å². The summed E-state index contributed by atoms with van der Waals surface area (Å²) in [5.41, 5.74) is 6.59. The number of nitrogens with zero attached hydrogens (tertiary/aromatic N) is 1. The first-order valence-corrected chi connectivity index (χ1v) is 10.9. The van der Waals surface area contributed by atoms with Gasteiger partial charge in [0, 0.05) is 24.2 Å². The monoisotopic (exact) mass is 364 g/mol. The molecule has 2 unspecified atom stereocenters. The first-order valence-electron chi connectivity index (χ1n) is 9.32. The standard InChI is InChI=1S/C19H28N2O3S/c1-14(20)18-8-4-5-13-21(18)19(22)15-9-11-17(12-10-15)25(23,24)16-6-2-3-7-16/h9-12,14,16,18H,2-8,13,20H2,1H3. The minimum Gasteiger partial charge on any atom is -0.334 e. The quantitative estimate of drug-likeness (QED) is 0.891. The van der Waals surface area contributed by atoms with Gasteiger partial charge < -0.3 is 10.6 Å². The van der Waals surface area contributed by atoms with Crippen LogP contribution in [0.4, 0.5) is 0 Å². The molecule has 138 valence electrons. The third-order valence-corrected chi connectivity index (χ3v) is 7.87. The topological polar surface area (TPSA) is 80.5 Å². The fourth-order valence-corrected chi connectivity index (χ4v) is 5.95. The van der Waals surface area contributed by atoms with Gasteiger partial charge in [-0.15, -0.1) is 0 Å². The van der Waals surface area contributed by atoms with Crippen LogP contribution in [0.15, 0.2) is 29.2 Å². The molecule has 2 fully saturated rings. The number of likely N-dealkylation sites (tertiary alicyclic amines) is 1. The molecule has 1 aromatic carbocycles. The van der Waals surface area contributed by atoms with Crippen LogP contribution in [0.1, 0.15) is 62.2 Å². The summed E-state index contributed by atoms with van der Waals surface area (Å²) in [4.78, 5) is 15.0. The zero-order valence-electron chi connectivity index (χ0n) is 14.9. The van der Waals surface area contributed by atoms with Crippen LogP contribution in [0.25, 0.3) is 0 Å². The Morgan fingerprint density at radius 3 is 2.28 bits per heavy atom. The number of piperidine rings is 1. The number of hydrogen-bond donors (Lipinski definition) is 1. The maximum absolute atomic E-state index is 12.9. The highest BCUT2D eigenvalue weighted by atomic mass is 32.2. The molecule has 1 aliphatic heterocycles. The van der Waals surface area contributed by atoms with Gasteiger partial charge in [-0.2, -0.15) is 0 Å². The number of nitrogens with two attached hydrogens (primary N) is 1. The van der Waals surface area contributed by atoms with Crippen LogP contribution < -0.4 is 5.73 Å². The molecule has 0 aromatic heterocycles. The fourth-order valence-electron chi connectivity index (χ4n) is 4.10. The molecular formula is C19H28N2O3S. The minimum atomic E-state index is -3.28. The van der Waals surface area contributed by atoms with Gasteiger partial charge in [-0.3, -0.25) is 4.79 Å². The second-order valence-corrected chi connectivity index (χ2v) is 9.62. The van der Waals surface area contributed by atoms with Gasteiger partial charge in [-0.25, -0.2) is 8.42 Å². The largest absolute Gasteiger partial charge is 0.334 e. The van der Waals surface area contributed by atoms with Gasteiger partial charge in [-0.1, -0.05) is 12.8 Å². The summed E-state index contributed by atoms with van der Waals surface area (Å²) < 4.78 is 25.3. The van der Waals surface area contributed by atoms with Crippen molar-refractivity contribution in [2.24, 2.45) is 5.73 Å². The predicted molar refractivity (Wildman–Crippen MR) is 98.2 cm³/mol. The van der Waals surface area contributed by atoms with Gasteiger partial charge in [0.2, 0.25) is 0 Å². The van der Waals surface area contributed by atoms with Crippen molar-refractivity contribution in [2.45, 2.75) is 74.1 Å². The molecule has 0 bridgehead atoms. The van der Waals surface area contributed by atoms with Gasteiger partial charge in [0.05, 0.1) is 10.1 Å². The maximum Gasteiger partial charge on any atom is 0.254 e. The SMILES string of the molecule is CC(N)C1CCCCN1C(=O)c1ccc(S(=O)(=O)C2CCCC2)cc1. The van der Waals surface area contributed by atoms with Crippen LogP contribution in [0, 0.1) is 0 Å². The highest BCUT2D eigenvalue weighted by molar-refractivity contribution is 7.92. The van der Waals surface area contributed by atoms with E-state index in [0.29, 0.717) is 17.0 Å². The van der Waals surface area contributed by atoms with E-state index in [-0.39, 0.29) is 23.2 Å². The zero-order valence-corrected chi connectivity index (χ0v) is 15.7. The number of hydrogen-bond acceptors (Lipinski definition) is 4. The number of sulfone groups is 1.